The zero-order chi connectivity index (χ0) is 29.1. The standard InChI is InChI=1S/C33H33F4NO3.ClH/c1-41-30-13-11-25(18-29(30)33(35,36)37)27-5-2-4-24-17-26(32(39)40)10-12-28(24)31(27)23-8-6-21(7-9-23)16-22-19-38(20-22)15-3-14-34;/h6-13,17-18,22H,2-5,14-16,19-20H2,1H3,(H,39,40);1H. The number of benzene rings is 3. The van der Waals surface area contributed by atoms with Crippen molar-refractivity contribution in [1.29, 1.82) is 0 Å². The number of fused-ring (bicyclic) bond motifs is 1. The maximum Gasteiger partial charge on any atom is 0.419 e. The molecule has 1 aliphatic heterocycles. The van der Waals surface area contributed by atoms with Gasteiger partial charge in [0.15, 0.2) is 0 Å². The Morgan fingerprint density at radius 2 is 1.71 bits per heavy atom. The number of aryl methyl sites for hydroxylation is 1. The second-order valence-corrected chi connectivity index (χ2v) is 10.9. The molecule has 3 aromatic rings. The normalized spacial score (nSPS) is 15.8. The number of rotatable bonds is 9. The molecule has 1 N–H and O–H groups in total. The Bertz CT molecular complexity index is 1450. The zero-order valence-electron chi connectivity index (χ0n) is 23.3. The number of methoxy groups -OCH3 is 1. The molecule has 2 aliphatic rings. The van der Waals surface area contributed by atoms with Crippen molar-refractivity contribution < 1.29 is 32.2 Å². The third kappa shape index (κ3) is 6.81. The van der Waals surface area contributed by atoms with Gasteiger partial charge >= 0.3 is 12.1 Å². The monoisotopic (exact) mass is 603 g/mol. The molecule has 1 heterocycles. The first-order valence-corrected chi connectivity index (χ1v) is 13.9. The Morgan fingerprint density at radius 1 is 1.00 bits per heavy atom. The van der Waals surface area contributed by atoms with Crippen molar-refractivity contribution in [3.05, 3.63) is 99.6 Å². The highest BCUT2D eigenvalue weighted by atomic mass is 35.5. The number of nitrogens with zero attached hydrogens (tertiary/aromatic N) is 1. The van der Waals surface area contributed by atoms with Gasteiger partial charge in [0.2, 0.25) is 0 Å². The number of ether oxygens (including phenoxy) is 1. The molecule has 0 radical (unpaired) electrons. The molecule has 5 rings (SSSR count). The predicted octanol–water partition coefficient (Wildman–Crippen LogP) is 7.96. The number of carboxylic acids is 1. The molecule has 1 aliphatic carbocycles. The van der Waals surface area contributed by atoms with Crippen LogP contribution >= 0.6 is 12.4 Å². The number of allylic oxidation sites excluding steroid dienone is 1. The van der Waals surface area contributed by atoms with Crippen molar-refractivity contribution >= 4 is 29.5 Å². The van der Waals surface area contributed by atoms with Crippen LogP contribution in [0.4, 0.5) is 17.6 Å². The first kappa shape index (κ1) is 31.6. The van der Waals surface area contributed by atoms with Gasteiger partial charge in [-0.1, -0.05) is 36.4 Å². The largest absolute Gasteiger partial charge is 0.496 e. The Morgan fingerprint density at radius 3 is 2.36 bits per heavy atom. The first-order chi connectivity index (χ1) is 19.7. The fourth-order valence-corrected chi connectivity index (χ4v) is 6.07. The molecule has 9 heteroatoms. The lowest BCUT2D eigenvalue weighted by Crippen LogP contribution is -2.47. The lowest BCUT2D eigenvalue weighted by molar-refractivity contribution is -0.138. The summed E-state index contributed by atoms with van der Waals surface area (Å²) in [6.45, 7) is 2.40. The van der Waals surface area contributed by atoms with Crippen LogP contribution in [0.2, 0.25) is 0 Å². The van der Waals surface area contributed by atoms with E-state index in [1.807, 2.05) is 12.1 Å². The number of likely N-dealkylation sites (tertiary alicyclic amines) is 1. The molecular formula is C33H34ClF4NO3. The second kappa shape index (κ2) is 13.3. The maximum atomic E-state index is 13.9. The smallest absolute Gasteiger partial charge is 0.419 e. The van der Waals surface area contributed by atoms with Crippen molar-refractivity contribution in [1.82, 2.24) is 4.90 Å². The summed E-state index contributed by atoms with van der Waals surface area (Å²) in [4.78, 5) is 13.9. The van der Waals surface area contributed by atoms with Crippen molar-refractivity contribution in [3.8, 4) is 5.75 Å². The molecule has 1 fully saturated rings. The van der Waals surface area contributed by atoms with Gasteiger partial charge in [-0.15, -0.1) is 12.4 Å². The Hall–Kier alpha value is -3.36. The third-order valence-corrected chi connectivity index (χ3v) is 8.06. The average Bonchev–Trinajstić information content (AvgIpc) is 3.13. The van der Waals surface area contributed by atoms with Crippen LogP contribution in [-0.2, 0) is 19.0 Å². The molecule has 0 atom stereocenters. The van der Waals surface area contributed by atoms with Gasteiger partial charge in [-0.05, 0) is 101 Å². The molecule has 0 spiro atoms. The fraction of sp³-hybridized carbons (Fsp3) is 0.364. The van der Waals surface area contributed by atoms with Crippen LogP contribution in [0, 0.1) is 5.92 Å². The van der Waals surface area contributed by atoms with E-state index in [4.69, 9.17) is 4.74 Å². The van der Waals surface area contributed by atoms with Crippen LogP contribution in [0.5, 0.6) is 5.75 Å². The second-order valence-electron chi connectivity index (χ2n) is 10.9. The van der Waals surface area contributed by atoms with Gasteiger partial charge in [-0.25, -0.2) is 4.79 Å². The van der Waals surface area contributed by atoms with Crippen LogP contribution in [0.1, 0.15) is 63.0 Å². The molecule has 0 unspecified atom stereocenters. The third-order valence-electron chi connectivity index (χ3n) is 8.06. The van der Waals surface area contributed by atoms with E-state index < -0.39 is 17.7 Å². The lowest BCUT2D eigenvalue weighted by Gasteiger charge is -2.39. The predicted molar refractivity (Wildman–Crippen MR) is 158 cm³/mol. The Labute approximate surface area is 249 Å². The zero-order valence-corrected chi connectivity index (χ0v) is 24.2. The number of carboxylic acid groups (broad SMARTS) is 1. The number of hydrogen-bond acceptors (Lipinski definition) is 3. The molecule has 0 aromatic heterocycles. The minimum absolute atomic E-state index is 0. The van der Waals surface area contributed by atoms with Gasteiger partial charge in [0.05, 0.1) is 24.9 Å². The number of halogens is 5. The van der Waals surface area contributed by atoms with Crippen molar-refractivity contribution in [3.63, 3.8) is 0 Å². The van der Waals surface area contributed by atoms with Crippen LogP contribution in [0.15, 0.2) is 60.7 Å². The summed E-state index contributed by atoms with van der Waals surface area (Å²) in [6.07, 6.45) is -1.29. The minimum atomic E-state index is -4.58. The van der Waals surface area contributed by atoms with Gasteiger partial charge in [-0.3, -0.25) is 4.39 Å². The van der Waals surface area contributed by atoms with E-state index in [0.29, 0.717) is 37.2 Å². The molecular weight excluding hydrogens is 570 g/mol. The Kier molecular flexibility index (Phi) is 10.00. The first-order valence-electron chi connectivity index (χ1n) is 13.9. The van der Waals surface area contributed by atoms with Gasteiger partial charge in [-0.2, -0.15) is 13.2 Å². The van der Waals surface area contributed by atoms with Crippen LogP contribution < -0.4 is 4.74 Å². The summed E-state index contributed by atoms with van der Waals surface area (Å²) < 4.78 is 59.3. The van der Waals surface area contributed by atoms with E-state index in [1.165, 1.54) is 18.7 Å². The average molecular weight is 604 g/mol. The van der Waals surface area contributed by atoms with Crippen molar-refractivity contribution in [2.75, 3.05) is 33.4 Å². The summed E-state index contributed by atoms with van der Waals surface area (Å²) in [5, 5.41) is 9.56. The molecule has 4 nitrogen and oxygen atoms in total. The van der Waals surface area contributed by atoms with Crippen molar-refractivity contribution in [2.45, 2.75) is 38.3 Å². The van der Waals surface area contributed by atoms with Crippen LogP contribution in [-0.4, -0.2) is 49.4 Å². The lowest BCUT2D eigenvalue weighted by atomic mass is 9.85. The fourth-order valence-electron chi connectivity index (χ4n) is 6.07. The van der Waals surface area contributed by atoms with Gasteiger partial charge < -0.3 is 14.7 Å². The molecule has 0 amide bonds. The van der Waals surface area contributed by atoms with Gasteiger partial charge in [0.25, 0.3) is 0 Å². The van der Waals surface area contributed by atoms with Gasteiger partial charge in [0.1, 0.15) is 5.75 Å². The highest BCUT2D eigenvalue weighted by Crippen LogP contribution is 2.43. The van der Waals surface area contributed by atoms with E-state index in [-0.39, 0.29) is 30.4 Å². The quantitative estimate of drug-likeness (QED) is 0.252. The van der Waals surface area contributed by atoms with E-state index in [9.17, 15) is 27.5 Å². The van der Waals surface area contributed by atoms with E-state index >= 15 is 0 Å². The SMILES string of the molecule is COc1ccc(C2=C(c3ccc(CC4CN(CCCF)C4)cc3)c3ccc(C(=O)O)cc3CCC2)cc1C(F)(F)F.Cl. The number of carbonyl (C=O) groups is 1. The van der Waals surface area contributed by atoms with Crippen molar-refractivity contribution in [2.24, 2.45) is 5.92 Å². The summed E-state index contributed by atoms with van der Waals surface area (Å²) in [6, 6.07) is 17.4. The van der Waals surface area contributed by atoms with E-state index in [0.717, 1.165) is 60.0 Å². The topological polar surface area (TPSA) is 49.8 Å². The molecule has 0 saturated carbocycles. The summed E-state index contributed by atoms with van der Waals surface area (Å²) >= 11 is 0. The van der Waals surface area contributed by atoms with Crippen LogP contribution in [0.3, 0.4) is 0 Å². The molecule has 1 saturated heterocycles. The Balaban J connectivity index is 0.00000405. The highest BCUT2D eigenvalue weighted by molar-refractivity contribution is 6.00. The minimum Gasteiger partial charge on any atom is -0.496 e. The van der Waals surface area contributed by atoms with E-state index in [2.05, 4.69) is 17.0 Å². The number of hydrogen-bond donors (Lipinski definition) is 1. The number of alkyl halides is 4. The molecule has 42 heavy (non-hydrogen) atoms. The summed E-state index contributed by atoms with van der Waals surface area (Å²) in [5.41, 5.74) is 5.18. The summed E-state index contributed by atoms with van der Waals surface area (Å²) in [7, 11) is 1.23. The highest BCUT2D eigenvalue weighted by Gasteiger charge is 2.35. The van der Waals surface area contributed by atoms with Gasteiger partial charge in [0, 0.05) is 19.6 Å². The maximum absolute atomic E-state index is 13.9. The number of aromatic carboxylic acids is 1. The molecule has 224 valence electrons. The van der Waals surface area contributed by atoms with Crippen LogP contribution in [0.25, 0.3) is 11.1 Å². The van der Waals surface area contributed by atoms with E-state index in [1.54, 1.807) is 24.3 Å². The molecule has 0 bridgehead atoms. The molecule has 3 aromatic carbocycles. The summed E-state index contributed by atoms with van der Waals surface area (Å²) in [5.74, 6) is -0.730.